The van der Waals surface area contributed by atoms with Crippen molar-refractivity contribution in [1.29, 1.82) is 0 Å². The van der Waals surface area contributed by atoms with Crippen LogP contribution in [-0.2, 0) is 9.59 Å². The Morgan fingerprint density at radius 1 is 1.15 bits per heavy atom. The van der Waals surface area contributed by atoms with E-state index >= 15 is 0 Å². The maximum absolute atomic E-state index is 13.1. The lowest BCUT2D eigenvalue weighted by Gasteiger charge is -2.28. The minimum atomic E-state index is -0.666. The highest BCUT2D eigenvalue weighted by Crippen LogP contribution is 2.33. The maximum atomic E-state index is 13.1. The Balaban J connectivity index is 1.65. The van der Waals surface area contributed by atoms with E-state index in [0.717, 1.165) is 0 Å². The summed E-state index contributed by atoms with van der Waals surface area (Å²) in [5, 5.41) is 13.5. The number of thiocarbonyl (C=S) groups is 1. The zero-order chi connectivity index (χ0) is 23.7. The van der Waals surface area contributed by atoms with Crippen LogP contribution >= 0.6 is 23.8 Å². The summed E-state index contributed by atoms with van der Waals surface area (Å²) in [5.41, 5.74) is 0.536. The number of nitrogens with one attached hydrogen (secondary N) is 1. The highest BCUT2D eigenvalue weighted by atomic mass is 35.5. The second kappa shape index (κ2) is 8.85. The van der Waals surface area contributed by atoms with Crippen molar-refractivity contribution in [2.24, 2.45) is 0 Å². The van der Waals surface area contributed by atoms with E-state index in [0.29, 0.717) is 22.8 Å². The van der Waals surface area contributed by atoms with Crippen molar-refractivity contribution in [2.45, 2.75) is 0 Å². The lowest BCUT2D eigenvalue weighted by molar-refractivity contribution is -0.384. The molecule has 1 aliphatic heterocycles. The standard InChI is InChI=1S/C22H14ClN3O6S/c1-31-14-5-2-12(3-6-14)25-21(28)17(20(27)24-22(25)33)11-15-7-9-19(32-15)16-8-4-13(26(29)30)10-18(16)23/h2-11H,1H3,(H,24,27,33). The molecule has 0 saturated carbocycles. The third-order valence-electron chi connectivity index (χ3n) is 4.77. The zero-order valence-electron chi connectivity index (χ0n) is 16.9. The number of benzene rings is 2. The first kappa shape index (κ1) is 22.2. The molecule has 9 nitrogen and oxygen atoms in total. The molecule has 3 aromatic rings. The predicted octanol–water partition coefficient (Wildman–Crippen LogP) is 4.35. The van der Waals surface area contributed by atoms with Gasteiger partial charge in [0.2, 0.25) is 0 Å². The molecular formula is C22H14ClN3O6S. The number of carbonyl (C=O) groups excluding carboxylic acids is 2. The van der Waals surface area contributed by atoms with Gasteiger partial charge in [0, 0.05) is 17.7 Å². The van der Waals surface area contributed by atoms with Gasteiger partial charge < -0.3 is 9.15 Å². The molecule has 0 bridgehead atoms. The molecule has 33 heavy (non-hydrogen) atoms. The molecule has 2 heterocycles. The lowest BCUT2D eigenvalue weighted by atomic mass is 10.1. The SMILES string of the molecule is COc1ccc(N2C(=O)C(=Cc3ccc(-c4ccc([N+](=O)[O-])cc4Cl)o3)C(=O)NC2=S)cc1. The third-order valence-corrected chi connectivity index (χ3v) is 5.37. The summed E-state index contributed by atoms with van der Waals surface area (Å²) in [6.07, 6.45) is 1.29. The van der Waals surface area contributed by atoms with Gasteiger partial charge in [-0.3, -0.25) is 29.9 Å². The van der Waals surface area contributed by atoms with Crippen LogP contribution in [0.15, 0.2) is 64.6 Å². The van der Waals surface area contributed by atoms with E-state index < -0.39 is 16.7 Å². The van der Waals surface area contributed by atoms with E-state index in [1.54, 1.807) is 36.4 Å². The number of non-ortho nitro benzene ring substituents is 1. The largest absolute Gasteiger partial charge is 0.497 e. The van der Waals surface area contributed by atoms with Crippen LogP contribution < -0.4 is 15.0 Å². The van der Waals surface area contributed by atoms with Crippen LogP contribution in [0.5, 0.6) is 5.75 Å². The first-order valence-corrected chi connectivity index (χ1v) is 10.2. The molecule has 1 N–H and O–H groups in total. The van der Waals surface area contributed by atoms with Crippen molar-refractivity contribution in [2.75, 3.05) is 12.0 Å². The summed E-state index contributed by atoms with van der Waals surface area (Å²) < 4.78 is 10.8. The van der Waals surface area contributed by atoms with Gasteiger partial charge in [-0.15, -0.1) is 0 Å². The number of nitro benzene ring substituents is 1. The number of nitrogens with zero attached hydrogens (tertiary/aromatic N) is 2. The van der Waals surface area contributed by atoms with Gasteiger partial charge in [0.15, 0.2) is 5.11 Å². The Labute approximate surface area is 197 Å². The van der Waals surface area contributed by atoms with Gasteiger partial charge >= 0.3 is 0 Å². The predicted molar refractivity (Wildman–Crippen MR) is 125 cm³/mol. The normalized spacial score (nSPS) is 15.0. The van der Waals surface area contributed by atoms with E-state index in [1.807, 2.05) is 0 Å². The second-order valence-corrected chi connectivity index (χ2v) is 7.57. The number of rotatable bonds is 5. The van der Waals surface area contributed by atoms with E-state index in [2.05, 4.69) is 5.32 Å². The van der Waals surface area contributed by atoms with Crippen LogP contribution in [0.4, 0.5) is 11.4 Å². The monoisotopic (exact) mass is 483 g/mol. The van der Waals surface area contributed by atoms with Crippen LogP contribution in [0.25, 0.3) is 17.4 Å². The quantitative estimate of drug-likeness (QED) is 0.188. The number of nitro groups is 1. The molecular weight excluding hydrogens is 470 g/mol. The maximum Gasteiger partial charge on any atom is 0.270 e. The van der Waals surface area contributed by atoms with Gasteiger partial charge in [0.1, 0.15) is 22.8 Å². The first-order valence-electron chi connectivity index (χ1n) is 9.38. The fourth-order valence-corrected chi connectivity index (χ4v) is 3.71. The summed E-state index contributed by atoms with van der Waals surface area (Å²) in [7, 11) is 1.52. The lowest BCUT2D eigenvalue weighted by Crippen LogP contribution is -2.54. The van der Waals surface area contributed by atoms with Crippen LogP contribution in [0.1, 0.15) is 5.76 Å². The van der Waals surface area contributed by atoms with Gasteiger partial charge in [-0.05, 0) is 60.8 Å². The number of furan rings is 1. The molecule has 0 radical (unpaired) electrons. The van der Waals surface area contributed by atoms with Crippen LogP contribution in [0.3, 0.4) is 0 Å². The van der Waals surface area contributed by atoms with Crippen molar-refractivity contribution >= 4 is 58.2 Å². The van der Waals surface area contributed by atoms with Crippen molar-refractivity contribution < 1.29 is 23.7 Å². The Morgan fingerprint density at radius 3 is 2.52 bits per heavy atom. The fourth-order valence-electron chi connectivity index (χ4n) is 3.16. The summed E-state index contributed by atoms with van der Waals surface area (Å²) in [6, 6.07) is 13.7. The Bertz CT molecular complexity index is 1330. The van der Waals surface area contributed by atoms with E-state index in [4.69, 9.17) is 33.0 Å². The number of ether oxygens (including phenoxy) is 1. The van der Waals surface area contributed by atoms with Crippen LogP contribution in [0.2, 0.25) is 5.02 Å². The Kier molecular flexibility index (Phi) is 5.95. The molecule has 2 amide bonds. The molecule has 11 heteroatoms. The van der Waals surface area contributed by atoms with Crippen molar-refractivity contribution in [3.63, 3.8) is 0 Å². The number of anilines is 1. The number of amides is 2. The second-order valence-electron chi connectivity index (χ2n) is 6.78. The van der Waals surface area contributed by atoms with Crippen molar-refractivity contribution in [1.82, 2.24) is 5.32 Å². The average Bonchev–Trinajstić information content (AvgIpc) is 3.25. The van der Waals surface area contributed by atoms with Gasteiger partial charge in [-0.2, -0.15) is 0 Å². The van der Waals surface area contributed by atoms with E-state index in [-0.39, 0.29) is 27.2 Å². The van der Waals surface area contributed by atoms with Gasteiger partial charge in [-0.1, -0.05) is 11.6 Å². The fraction of sp³-hybridized carbons (Fsp3) is 0.0455. The number of halogens is 1. The summed E-state index contributed by atoms with van der Waals surface area (Å²) in [6.45, 7) is 0. The molecule has 0 atom stereocenters. The molecule has 0 aliphatic carbocycles. The smallest absolute Gasteiger partial charge is 0.270 e. The summed E-state index contributed by atoms with van der Waals surface area (Å²) >= 11 is 11.3. The van der Waals surface area contributed by atoms with Crippen molar-refractivity contribution in [3.8, 4) is 17.1 Å². The Hall–Kier alpha value is -4.02. The van der Waals surface area contributed by atoms with E-state index in [1.165, 1.54) is 36.3 Å². The van der Waals surface area contributed by atoms with E-state index in [9.17, 15) is 19.7 Å². The summed E-state index contributed by atoms with van der Waals surface area (Å²) in [5.74, 6) is -0.170. The molecule has 4 rings (SSSR count). The minimum absolute atomic E-state index is 0.0508. The molecule has 2 aromatic carbocycles. The van der Waals surface area contributed by atoms with Gasteiger partial charge in [-0.25, -0.2) is 0 Å². The molecule has 1 aliphatic rings. The molecule has 0 spiro atoms. The number of hydrogen-bond donors (Lipinski definition) is 1. The molecule has 0 unspecified atom stereocenters. The number of methoxy groups -OCH3 is 1. The first-order chi connectivity index (χ1) is 15.8. The van der Waals surface area contributed by atoms with Gasteiger partial charge in [0.25, 0.3) is 17.5 Å². The van der Waals surface area contributed by atoms with Crippen LogP contribution in [0, 0.1) is 10.1 Å². The number of hydrogen-bond acceptors (Lipinski definition) is 7. The van der Waals surface area contributed by atoms with Crippen molar-refractivity contribution in [3.05, 3.63) is 81.1 Å². The minimum Gasteiger partial charge on any atom is -0.497 e. The highest BCUT2D eigenvalue weighted by molar-refractivity contribution is 7.80. The molecule has 1 fully saturated rings. The summed E-state index contributed by atoms with van der Waals surface area (Å²) in [4.78, 5) is 37.1. The molecule has 166 valence electrons. The number of carbonyl (C=O) groups is 2. The van der Waals surface area contributed by atoms with Gasteiger partial charge in [0.05, 0.1) is 22.7 Å². The third kappa shape index (κ3) is 4.34. The molecule has 1 aromatic heterocycles. The zero-order valence-corrected chi connectivity index (χ0v) is 18.5. The average molecular weight is 484 g/mol. The Morgan fingerprint density at radius 2 is 1.88 bits per heavy atom. The van der Waals surface area contributed by atoms with Crippen LogP contribution in [-0.4, -0.2) is 29.0 Å². The highest BCUT2D eigenvalue weighted by Gasteiger charge is 2.34. The topological polar surface area (TPSA) is 115 Å². The molecule has 1 saturated heterocycles.